The van der Waals surface area contributed by atoms with Crippen LogP contribution in [0.2, 0.25) is 0 Å². The van der Waals surface area contributed by atoms with Crippen LogP contribution < -0.4 is 19.5 Å². The van der Waals surface area contributed by atoms with Crippen LogP contribution in [0.25, 0.3) is 0 Å². The van der Waals surface area contributed by atoms with Crippen LogP contribution in [0.15, 0.2) is 36.4 Å². The maximum atomic E-state index is 13.6. The van der Waals surface area contributed by atoms with E-state index in [9.17, 15) is 9.18 Å². The molecule has 0 unspecified atom stereocenters. The lowest BCUT2D eigenvalue weighted by Gasteiger charge is -2.13. The minimum absolute atomic E-state index is 0.124. The van der Waals surface area contributed by atoms with Gasteiger partial charge in [-0.15, -0.1) is 0 Å². The normalized spacial score (nSPS) is 10.2. The van der Waals surface area contributed by atoms with Crippen molar-refractivity contribution in [3.8, 4) is 17.2 Å². The van der Waals surface area contributed by atoms with Crippen LogP contribution in [-0.4, -0.2) is 27.2 Å². The number of hydrogen-bond donors (Lipinski definition) is 1. The average Bonchev–Trinajstić information content (AvgIpc) is 2.64. The van der Waals surface area contributed by atoms with E-state index in [4.69, 9.17) is 14.2 Å². The minimum atomic E-state index is -0.429. The molecule has 134 valence electrons. The van der Waals surface area contributed by atoms with Gasteiger partial charge in [0.15, 0.2) is 23.1 Å². The van der Waals surface area contributed by atoms with Crippen molar-refractivity contribution in [1.82, 2.24) is 5.32 Å². The number of ether oxygens (including phenoxy) is 3. The zero-order valence-corrected chi connectivity index (χ0v) is 14.6. The van der Waals surface area contributed by atoms with E-state index in [0.29, 0.717) is 24.5 Å². The summed E-state index contributed by atoms with van der Waals surface area (Å²) in [7, 11) is 4.54. The molecule has 0 saturated carbocycles. The Balaban J connectivity index is 1.90. The quantitative estimate of drug-likeness (QED) is 0.797. The number of benzene rings is 2. The molecule has 0 aromatic heterocycles. The van der Waals surface area contributed by atoms with E-state index in [2.05, 4.69) is 5.32 Å². The highest BCUT2D eigenvalue weighted by Crippen LogP contribution is 2.30. The van der Waals surface area contributed by atoms with Gasteiger partial charge in [-0.3, -0.25) is 4.79 Å². The van der Waals surface area contributed by atoms with Gasteiger partial charge in [-0.25, -0.2) is 4.39 Å². The van der Waals surface area contributed by atoms with Gasteiger partial charge >= 0.3 is 0 Å². The molecule has 5 nitrogen and oxygen atoms in total. The Bertz CT molecular complexity index is 733. The van der Waals surface area contributed by atoms with E-state index in [1.54, 1.807) is 32.4 Å². The van der Waals surface area contributed by atoms with Gasteiger partial charge in [-0.05, 0) is 30.2 Å². The summed E-state index contributed by atoms with van der Waals surface area (Å²) in [5.74, 6) is 0.853. The molecule has 0 fully saturated rings. The Labute approximate surface area is 146 Å². The van der Waals surface area contributed by atoms with Crippen LogP contribution in [0.1, 0.15) is 17.5 Å². The van der Waals surface area contributed by atoms with Crippen molar-refractivity contribution in [2.75, 3.05) is 21.3 Å². The van der Waals surface area contributed by atoms with Gasteiger partial charge in [0, 0.05) is 18.5 Å². The number of amides is 1. The van der Waals surface area contributed by atoms with Crippen LogP contribution in [0, 0.1) is 5.82 Å². The maximum absolute atomic E-state index is 13.6. The lowest BCUT2D eigenvalue weighted by Crippen LogP contribution is -2.23. The third-order valence-electron chi connectivity index (χ3n) is 3.82. The molecule has 0 atom stereocenters. The number of rotatable bonds is 8. The minimum Gasteiger partial charge on any atom is -0.494 e. The van der Waals surface area contributed by atoms with Crippen LogP contribution in [0.5, 0.6) is 17.2 Å². The fraction of sp³-hybridized carbons (Fsp3) is 0.316. The maximum Gasteiger partial charge on any atom is 0.220 e. The van der Waals surface area contributed by atoms with Gasteiger partial charge in [-0.1, -0.05) is 18.2 Å². The first kappa shape index (κ1) is 18.6. The number of aryl methyl sites for hydroxylation is 1. The summed E-state index contributed by atoms with van der Waals surface area (Å²) in [6.07, 6.45) is 0.708. The van der Waals surface area contributed by atoms with Gasteiger partial charge in [0.2, 0.25) is 5.91 Å². The van der Waals surface area contributed by atoms with E-state index in [1.807, 2.05) is 12.1 Å². The zero-order valence-electron chi connectivity index (χ0n) is 14.6. The van der Waals surface area contributed by atoms with E-state index in [0.717, 1.165) is 11.1 Å². The Morgan fingerprint density at radius 1 is 1.04 bits per heavy atom. The predicted octanol–water partition coefficient (Wildman–Crippen LogP) is 3.10. The van der Waals surface area contributed by atoms with Crippen LogP contribution in [0.4, 0.5) is 4.39 Å². The second-order valence-corrected chi connectivity index (χ2v) is 5.40. The molecule has 0 aliphatic rings. The first-order chi connectivity index (χ1) is 12.1. The molecule has 1 N–H and O–H groups in total. The molecular weight excluding hydrogens is 325 g/mol. The molecular formula is C19H22FNO4. The van der Waals surface area contributed by atoms with Crippen molar-refractivity contribution >= 4 is 5.91 Å². The number of para-hydroxylation sites is 1. The summed E-state index contributed by atoms with van der Waals surface area (Å²) < 4.78 is 29.1. The molecule has 2 rings (SSSR count). The third kappa shape index (κ3) is 4.86. The van der Waals surface area contributed by atoms with Crippen LogP contribution >= 0.6 is 0 Å². The molecule has 0 aliphatic carbocycles. The van der Waals surface area contributed by atoms with Crippen LogP contribution in [-0.2, 0) is 17.8 Å². The lowest BCUT2D eigenvalue weighted by atomic mass is 10.1. The molecule has 0 spiro atoms. The Morgan fingerprint density at radius 3 is 2.44 bits per heavy atom. The molecule has 6 heteroatoms. The number of halogens is 1. The monoisotopic (exact) mass is 347 g/mol. The number of hydrogen-bond acceptors (Lipinski definition) is 4. The van der Waals surface area contributed by atoms with Crippen LogP contribution in [0.3, 0.4) is 0 Å². The largest absolute Gasteiger partial charge is 0.494 e. The predicted molar refractivity (Wildman–Crippen MR) is 92.7 cm³/mol. The summed E-state index contributed by atoms with van der Waals surface area (Å²) in [5, 5.41) is 2.84. The third-order valence-corrected chi connectivity index (χ3v) is 3.82. The zero-order chi connectivity index (χ0) is 18.2. The molecule has 0 radical (unpaired) electrons. The lowest BCUT2D eigenvalue weighted by molar-refractivity contribution is -0.121. The first-order valence-corrected chi connectivity index (χ1v) is 7.88. The van der Waals surface area contributed by atoms with E-state index in [1.165, 1.54) is 13.2 Å². The summed E-state index contributed by atoms with van der Waals surface area (Å²) in [5.41, 5.74) is 1.57. The second kappa shape index (κ2) is 8.92. The fourth-order valence-corrected chi connectivity index (χ4v) is 2.50. The van der Waals surface area contributed by atoms with Crippen molar-refractivity contribution in [3.63, 3.8) is 0 Å². The molecule has 0 aliphatic heterocycles. The summed E-state index contributed by atoms with van der Waals surface area (Å²) in [6.45, 7) is 0.330. The van der Waals surface area contributed by atoms with Gasteiger partial charge in [-0.2, -0.15) is 0 Å². The molecule has 0 saturated heterocycles. The highest BCUT2D eigenvalue weighted by atomic mass is 19.1. The van der Waals surface area contributed by atoms with E-state index >= 15 is 0 Å². The SMILES string of the molecule is COc1ccc(CCC(=O)NCc2cccc(OC)c2OC)cc1F. The molecule has 0 bridgehead atoms. The number of methoxy groups -OCH3 is 3. The van der Waals surface area contributed by atoms with Gasteiger partial charge in [0.05, 0.1) is 21.3 Å². The highest BCUT2D eigenvalue weighted by Gasteiger charge is 2.11. The number of nitrogens with one attached hydrogen (secondary N) is 1. The van der Waals surface area contributed by atoms with Crippen molar-refractivity contribution in [1.29, 1.82) is 0 Å². The van der Waals surface area contributed by atoms with Crippen molar-refractivity contribution < 1.29 is 23.4 Å². The first-order valence-electron chi connectivity index (χ1n) is 7.88. The molecule has 1 amide bonds. The Kier molecular flexibility index (Phi) is 6.62. The van der Waals surface area contributed by atoms with Crippen molar-refractivity contribution in [2.45, 2.75) is 19.4 Å². The fourth-order valence-electron chi connectivity index (χ4n) is 2.50. The smallest absolute Gasteiger partial charge is 0.220 e. The molecule has 2 aromatic carbocycles. The van der Waals surface area contributed by atoms with Crippen molar-refractivity contribution in [3.05, 3.63) is 53.3 Å². The summed E-state index contributed by atoms with van der Waals surface area (Å²) >= 11 is 0. The second-order valence-electron chi connectivity index (χ2n) is 5.40. The average molecular weight is 347 g/mol. The summed E-state index contributed by atoms with van der Waals surface area (Å²) in [6, 6.07) is 10.2. The van der Waals surface area contributed by atoms with E-state index < -0.39 is 5.82 Å². The van der Waals surface area contributed by atoms with Crippen molar-refractivity contribution in [2.24, 2.45) is 0 Å². The van der Waals surface area contributed by atoms with Gasteiger partial charge < -0.3 is 19.5 Å². The van der Waals surface area contributed by atoms with Gasteiger partial charge in [0.1, 0.15) is 0 Å². The standard InChI is InChI=1S/C19H22FNO4/c1-23-16-9-7-13(11-15(16)20)8-10-18(22)21-12-14-5-4-6-17(24-2)19(14)25-3/h4-7,9,11H,8,10,12H2,1-3H3,(H,21,22). The Morgan fingerprint density at radius 2 is 1.80 bits per heavy atom. The number of carbonyl (C=O) groups excluding carboxylic acids is 1. The summed E-state index contributed by atoms with van der Waals surface area (Å²) in [4.78, 5) is 12.1. The highest BCUT2D eigenvalue weighted by molar-refractivity contribution is 5.76. The topological polar surface area (TPSA) is 56.8 Å². The van der Waals surface area contributed by atoms with Gasteiger partial charge in [0.25, 0.3) is 0 Å². The molecule has 2 aromatic rings. The number of carbonyl (C=O) groups is 1. The molecule has 0 heterocycles. The Hall–Kier alpha value is -2.76. The molecule has 25 heavy (non-hydrogen) atoms. The van der Waals surface area contributed by atoms with E-state index in [-0.39, 0.29) is 18.1 Å².